The Hall–Kier alpha value is -2.07. The van der Waals surface area contributed by atoms with Crippen molar-refractivity contribution in [3.63, 3.8) is 0 Å². The van der Waals surface area contributed by atoms with Gasteiger partial charge in [-0.05, 0) is 17.9 Å². The zero-order chi connectivity index (χ0) is 22.0. The summed E-state index contributed by atoms with van der Waals surface area (Å²) in [5, 5.41) is 6.58. The van der Waals surface area contributed by atoms with Gasteiger partial charge in [0.25, 0.3) is 0 Å². The van der Waals surface area contributed by atoms with Crippen molar-refractivity contribution >= 4 is 5.96 Å². The Labute approximate surface area is 176 Å². The van der Waals surface area contributed by atoms with E-state index in [0.717, 1.165) is 44.8 Å². The molecule has 170 valence electrons. The van der Waals surface area contributed by atoms with Crippen LogP contribution in [0.15, 0.2) is 23.3 Å². The first-order chi connectivity index (χ1) is 14.3. The average molecular weight is 432 g/mol. The minimum atomic E-state index is -4.38. The molecule has 2 N–H and O–H groups in total. The lowest BCUT2D eigenvalue weighted by Gasteiger charge is -2.35. The van der Waals surface area contributed by atoms with E-state index in [4.69, 9.17) is 4.74 Å². The van der Waals surface area contributed by atoms with E-state index in [1.54, 1.807) is 13.1 Å². The molecule has 1 aromatic rings. The number of alkyl halides is 3. The number of hydrogen-bond acceptors (Lipinski definition) is 5. The number of morpholine rings is 1. The maximum absolute atomic E-state index is 12.2. The second-order valence-electron chi connectivity index (χ2n) is 7.65. The summed E-state index contributed by atoms with van der Waals surface area (Å²) < 4.78 is 46.7. The first-order valence-electron chi connectivity index (χ1n) is 10.2. The third kappa shape index (κ3) is 9.17. The zero-order valence-electron chi connectivity index (χ0n) is 17.8. The van der Waals surface area contributed by atoms with Gasteiger partial charge in [-0.25, -0.2) is 4.98 Å². The Bertz CT molecular complexity index is 647. The fraction of sp³-hybridized carbons (Fsp3) is 0.700. The molecule has 1 aromatic heterocycles. The SMILES string of the molecule is CN=C(NCc1ccc(OCC(F)(F)F)nc1)NCC(CC(C)C)N1CCOCC1. The van der Waals surface area contributed by atoms with E-state index in [9.17, 15) is 13.2 Å². The summed E-state index contributed by atoms with van der Waals surface area (Å²) >= 11 is 0. The molecule has 1 fully saturated rings. The van der Waals surface area contributed by atoms with Gasteiger partial charge in [-0.1, -0.05) is 19.9 Å². The Morgan fingerprint density at radius 2 is 2.00 bits per heavy atom. The largest absolute Gasteiger partial charge is 0.468 e. The van der Waals surface area contributed by atoms with Crippen LogP contribution in [0, 0.1) is 5.92 Å². The van der Waals surface area contributed by atoms with Crippen LogP contribution in [-0.2, 0) is 11.3 Å². The van der Waals surface area contributed by atoms with Crippen LogP contribution in [0.2, 0.25) is 0 Å². The number of nitrogens with zero attached hydrogens (tertiary/aromatic N) is 3. The number of nitrogens with one attached hydrogen (secondary N) is 2. The topological polar surface area (TPSA) is 71.0 Å². The van der Waals surface area contributed by atoms with Crippen LogP contribution >= 0.6 is 0 Å². The minimum absolute atomic E-state index is 0.0550. The molecule has 1 aliphatic rings. The van der Waals surface area contributed by atoms with Gasteiger partial charge in [-0.15, -0.1) is 0 Å². The molecule has 1 unspecified atom stereocenters. The summed E-state index contributed by atoms with van der Waals surface area (Å²) in [6, 6.07) is 3.49. The molecule has 30 heavy (non-hydrogen) atoms. The van der Waals surface area contributed by atoms with E-state index in [-0.39, 0.29) is 5.88 Å². The molecular formula is C20H32F3N5O2. The maximum atomic E-state index is 12.2. The van der Waals surface area contributed by atoms with Crippen LogP contribution in [0.3, 0.4) is 0 Å². The van der Waals surface area contributed by atoms with Crippen LogP contribution in [0.1, 0.15) is 25.8 Å². The monoisotopic (exact) mass is 431 g/mol. The van der Waals surface area contributed by atoms with E-state index < -0.39 is 12.8 Å². The van der Waals surface area contributed by atoms with Crippen LogP contribution in [0.4, 0.5) is 13.2 Å². The van der Waals surface area contributed by atoms with Crippen LogP contribution in [0.5, 0.6) is 5.88 Å². The van der Waals surface area contributed by atoms with E-state index in [1.165, 1.54) is 12.3 Å². The number of ether oxygens (including phenoxy) is 2. The van der Waals surface area contributed by atoms with Crippen molar-refractivity contribution in [2.45, 2.75) is 39.0 Å². The van der Waals surface area contributed by atoms with Gasteiger partial charge < -0.3 is 20.1 Å². The van der Waals surface area contributed by atoms with Gasteiger partial charge in [-0.3, -0.25) is 9.89 Å². The average Bonchev–Trinajstić information content (AvgIpc) is 2.72. The van der Waals surface area contributed by atoms with Crippen molar-refractivity contribution < 1.29 is 22.6 Å². The summed E-state index contributed by atoms with van der Waals surface area (Å²) in [6.07, 6.45) is -1.82. The van der Waals surface area contributed by atoms with Crippen molar-refractivity contribution in [2.24, 2.45) is 10.9 Å². The summed E-state index contributed by atoms with van der Waals surface area (Å²) in [4.78, 5) is 10.6. The fourth-order valence-corrected chi connectivity index (χ4v) is 3.23. The standard InChI is InChI=1S/C20H32F3N5O2/c1-15(2)10-17(28-6-8-29-9-7-28)13-27-19(24-3)26-12-16-4-5-18(25-11-16)30-14-20(21,22)23/h4-5,11,15,17H,6-10,12-14H2,1-3H3,(H2,24,26,27). The van der Waals surface area contributed by atoms with Gasteiger partial charge in [0.2, 0.25) is 5.88 Å². The number of guanidine groups is 1. The van der Waals surface area contributed by atoms with Crippen molar-refractivity contribution in [2.75, 3.05) is 46.5 Å². The summed E-state index contributed by atoms with van der Waals surface area (Å²) in [6.45, 7) is 7.67. The molecule has 1 atom stereocenters. The van der Waals surface area contributed by atoms with Gasteiger partial charge in [0.05, 0.1) is 13.2 Å². The lowest BCUT2D eigenvalue weighted by atomic mass is 10.0. The van der Waals surface area contributed by atoms with Crippen LogP contribution in [-0.4, -0.2) is 74.6 Å². The first-order valence-corrected chi connectivity index (χ1v) is 10.2. The maximum Gasteiger partial charge on any atom is 0.422 e. The molecule has 0 spiro atoms. The van der Waals surface area contributed by atoms with Crippen LogP contribution < -0.4 is 15.4 Å². The van der Waals surface area contributed by atoms with Crippen LogP contribution in [0.25, 0.3) is 0 Å². The van der Waals surface area contributed by atoms with Gasteiger partial charge in [0, 0.05) is 51.5 Å². The second-order valence-corrected chi connectivity index (χ2v) is 7.65. The summed E-state index contributed by atoms with van der Waals surface area (Å²) in [5.41, 5.74) is 0.809. The number of rotatable bonds is 9. The molecule has 1 aliphatic heterocycles. The Balaban J connectivity index is 1.81. The Morgan fingerprint density at radius 3 is 2.57 bits per heavy atom. The number of pyridine rings is 1. The molecule has 0 aromatic carbocycles. The normalized spacial score (nSPS) is 17.1. The molecule has 10 heteroatoms. The predicted molar refractivity (Wildman–Crippen MR) is 110 cm³/mol. The number of aliphatic imine (C=N–C) groups is 1. The smallest absolute Gasteiger partial charge is 0.422 e. The molecule has 0 saturated carbocycles. The van der Waals surface area contributed by atoms with Crippen molar-refractivity contribution in [3.05, 3.63) is 23.9 Å². The molecule has 7 nitrogen and oxygen atoms in total. The number of hydrogen-bond donors (Lipinski definition) is 2. The summed E-state index contributed by atoms with van der Waals surface area (Å²) in [7, 11) is 1.70. The molecule has 0 bridgehead atoms. The number of aromatic nitrogens is 1. The molecule has 2 rings (SSSR count). The Morgan fingerprint density at radius 1 is 1.27 bits per heavy atom. The third-order valence-electron chi connectivity index (χ3n) is 4.68. The lowest BCUT2D eigenvalue weighted by Crippen LogP contribution is -2.50. The van der Waals surface area contributed by atoms with Gasteiger partial charge in [0.15, 0.2) is 12.6 Å². The highest BCUT2D eigenvalue weighted by Gasteiger charge is 2.28. The predicted octanol–water partition coefficient (Wildman–Crippen LogP) is 2.43. The molecule has 1 saturated heterocycles. The number of halogens is 3. The third-order valence-corrected chi connectivity index (χ3v) is 4.68. The van der Waals surface area contributed by atoms with E-state index >= 15 is 0 Å². The highest BCUT2D eigenvalue weighted by Crippen LogP contribution is 2.17. The highest BCUT2D eigenvalue weighted by atomic mass is 19.4. The van der Waals surface area contributed by atoms with E-state index in [1.807, 2.05) is 0 Å². The quantitative estimate of drug-likeness (QED) is 0.462. The van der Waals surface area contributed by atoms with Gasteiger partial charge in [-0.2, -0.15) is 13.2 Å². The van der Waals surface area contributed by atoms with Gasteiger partial charge >= 0.3 is 6.18 Å². The van der Waals surface area contributed by atoms with Crippen molar-refractivity contribution in [3.8, 4) is 5.88 Å². The van der Waals surface area contributed by atoms with Crippen molar-refractivity contribution in [1.29, 1.82) is 0 Å². The molecule has 2 heterocycles. The lowest BCUT2D eigenvalue weighted by molar-refractivity contribution is -0.154. The minimum Gasteiger partial charge on any atom is -0.468 e. The van der Waals surface area contributed by atoms with E-state index in [0.29, 0.717) is 24.5 Å². The molecular weight excluding hydrogens is 399 g/mol. The Kier molecular flexibility index (Phi) is 9.64. The van der Waals surface area contributed by atoms with Crippen molar-refractivity contribution in [1.82, 2.24) is 20.5 Å². The highest BCUT2D eigenvalue weighted by molar-refractivity contribution is 5.79. The van der Waals surface area contributed by atoms with E-state index in [2.05, 4.69) is 44.1 Å². The fourth-order valence-electron chi connectivity index (χ4n) is 3.23. The molecule has 0 aliphatic carbocycles. The summed E-state index contributed by atoms with van der Waals surface area (Å²) in [5.74, 6) is 1.19. The molecule has 0 radical (unpaired) electrons. The second kappa shape index (κ2) is 11.9. The zero-order valence-corrected chi connectivity index (χ0v) is 17.8. The molecule has 0 amide bonds. The first kappa shape index (κ1) is 24.2. The van der Waals surface area contributed by atoms with Gasteiger partial charge in [0.1, 0.15) is 0 Å².